The molecule has 2 rings (SSSR count). The van der Waals surface area contributed by atoms with E-state index in [9.17, 15) is 31.5 Å². The van der Waals surface area contributed by atoms with Crippen molar-refractivity contribution in [2.45, 2.75) is 44.3 Å². The van der Waals surface area contributed by atoms with Gasteiger partial charge >= 0.3 is 12.1 Å². The fraction of sp³-hybridized carbons (Fsp3) is 0.917. The van der Waals surface area contributed by atoms with E-state index in [-0.39, 0.29) is 44.7 Å². The molecule has 1 saturated heterocycles. The zero-order valence-electron chi connectivity index (χ0n) is 12.1. The minimum atomic E-state index is -4.32. The fourth-order valence-corrected chi connectivity index (χ4v) is 4.73. The number of hydrogen-bond acceptors (Lipinski definition) is 3. The third kappa shape index (κ3) is 3.38. The number of aliphatic carboxylic acids is 1. The maximum absolute atomic E-state index is 12.6. The molecule has 0 radical (unpaired) electrons. The summed E-state index contributed by atoms with van der Waals surface area (Å²) in [5.41, 5.74) is -1.53. The molecule has 10 heteroatoms. The Morgan fingerprint density at radius 3 is 2.14 bits per heavy atom. The van der Waals surface area contributed by atoms with Gasteiger partial charge in [0.2, 0.25) is 0 Å². The van der Waals surface area contributed by atoms with Crippen LogP contribution in [0.4, 0.5) is 13.2 Å². The van der Waals surface area contributed by atoms with Gasteiger partial charge in [-0.25, -0.2) is 0 Å². The largest absolute Gasteiger partial charge is 0.480 e. The third-order valence-corrected chi connectivity index (χ3v) is 6.08. The van der Waals surface area contributed by atoms with Crippen LogP contribution in [0.2, 0.25) is 0 Å². The van der Waals surface area contributed by atoms with Crippen molar-refractivity contribution in [3.63, 3.8) is 0 Å². The average molecular weight is 344 g/mol. The Kier molecular flexibility index (Phi) is 4.48. The van der Waals surface area contributed by atoms with Gasteiger partial charge in [0.1, 0.15) is 5.54 Å². The van der Waals surface area contributed by atoms with E-state index in [1.807, 2.05) is 6.92 Å². The lowest BCUT2D eigenvalue weighted by Gasteiger charge is -2.44. The molecule has 0 unspecified atom stereocenters. The minimum Gasteiger partial charge on any atom is -0.480 e. The van der Waals surface area contributed by atoms with Crippen LogP contribution in [-0.2, 0) is 15.0 Å². The van der Waals surface area contributed by atoms with E-state index in [0.717, 1.165) is 4.31 Å². The van der Waals surface area contributed by atoms with E-state index in [2.05, 4.69) is 4.72 Å². The standard InChI is InChI=1S/C12H19F3N2O4S/c1-8-6-11(7-8,10(18)19)16-22(20,21)17-4-2-9(3-5-17)12(13,14)15/h8-9,16H,2-7H2,1H3,(H,18,19). The number of hydrogen-bond donors (Lipinski definition) is 2. The summed E-state index contributed by atoms with van der Waals surface area (Å²) in [6.45, 7) is 1.29. The molecular weight excluding hydrogens is 325 g/mol. The highest BCUT2D eigenvalue weighted by atomic mass is 32.2. The summed E-state index contributed by atoms with van der Waals surface area (Å²) >= 11 is 0. The quantitative estimate of drug-likeness (QED) is 0.806. The Balaban J connectivity index is 2.02. The van der Waals surface area contributed by atoms with Crippen molar-refractivity contribution in [3.05, 3.63) is 0 Å². The minimum absolute atomic E-state index is 0.0924. The second-order valence-electron chi connectivity index (χ2n) is 6.22. The summed E-state index contributed by atoms with van der Waals surface area (Å²) < 4.78 is 65.3. The number of halogens is 3. The maximum atomic E-state index is 12.6. The van der Waals surface area contributed by atoms with Gasteiger partial charge in [0.15, 0.2) is 0 Å². The molecule has 1 saturated carbocycles. The van der Waals surface area contributed by atoms with E-state index < -0.39 is 33.8 Å². The highest BCUT2D eigenvalue weighted by Gasteiger charge is 2.52. The molecule has 1 heterocycles. The van der Waals surface area contributed by atoms with Gasteiger partial charge < -0.3 is 5.11 Å². The van der Waals surface area contributed by atoms with Gasteiger partial charge in [0.05, 0.1) is 5.92 Å². The van der Waals surface area contributed by atoms with Crippen LogP contribution in [-0.4, -0.2) is 48.6 Å². The van der Waals surface area contributed by atoms with Crippen molar-refractivity contribution in [2.24, 2.45) is 11.8 Å². The molecule has 2 fully saturated rings. The SMILES string of the molecule is CC1CC(NS(=O)(=O)N2CCC(C(F)(F)F)CC2)(C(=O)O)C1. The molecule has 0 amide bonds. The van der Waals surface area contributed by atoms with Crippen LogP contribution in [0, 0.1) is 11.8 Å². The Hall–Kier alpha value is -0.870. The summed E-state index contributed by atoms with van der Waals surface area (Å²) in [6.07, 6.45) is -4.57. The number of carbonyl (C=O) groups is 1. The zero-order chi connectivity index (χ0) is 16.8. The Bertz CT molecular complexity index is 535. The summed E-state index contributed by atoms with van der Waals surface area (Å²) in [6, 6.07) is 0. The molecule has 1 aliphatic heterocycles. The van der Waals surface area contributed by atoms with Crippen LogP contribution in [0.1, 0.15) is 32.6 Å². The smallest absolute Gasteiger partial charge is 0.391 e. The van der Waals surface area contributed by atoms with Crippen LogP contribution >= 0.6 is 0 Å². The lowest BCUT2D eigenvalue weighted by Crippen LogP contribution is -2.64. The van der Waals surface area contributed by atoms with Crippen molar-refractivity contribution in [2.75, 3.05) is 13.1 Å². The molecule has 0 aromatic carbocycles. The zero-order valence-corrected chi connectivity index (χ0v) is 12.9. The van der Waals surface area contributed by atoms with Gasteiger partial charge in [-0.05, 0) is 31.6 Å². The molecule has 2 aliphatic rings. The Morgan fingerprint density at radius 2 is 1.77 bits per heavy atom. The number of nitrogens with zero attached hydrogens (tertiary/aromatic N) is 1. The van der Waals surface area contributed by atoms with Crippen LogP contribution in [0.3, 0.4) is 0 Å². The lowest BCUT2D eigenvalue weighted by molar-refractivity contribution is -0.182. The van der Waals surface area contributed by atoms with Crippen LogP contribution in [0.5, 0.6) is 0 Å². The molecule has 128 valence electrons. The summed E-state index contributed by atoms with van der Waals surface area (Å²) in [5.74, 6) is -2.66. The molecule has 0 bridgehead atoms. The van der Waals surface area contributed by atoms with Crippen LogP contribution < -0.4 is 4.72 Å². The second kappa shape index (κ2) is 5.64. The first-order valence-electron chi connectivity index (χ1n) is 7.05. The predicted molar refractivity (Wildman–Crippen MR) is 71.2 cm³/mol. The molecule has 1 aliphatic carbocycles. The highest BCUT2D eigenvalue weighted by molar-refractivity contribution is 7.87. The molecule has 2 N–H and O–H groups in total. The number of piperidine rings is 1. The summed E-state index contributed by atoms with van der Waals surface area (Å²) in [5, 5.41) is 9.22. The average Bonchev–Trinajstić information content (AvgIpc) is 2.35. The van der Waals surface area contributed by atoms with Gasteiger partial charge in [-0.3, -0.25) is 4.79 Å². The maximum Gasteiger partial charge on any atom is 0.391 e. The Labute approximate surface area is 126 Å². The topological polar surface area (TPSA) is 86.7 Å². The van der Waals surface area contributed by atoms with Crippen molar-refractivity contribution in [1.29, 1.82) is 0 Å². The van der Waals surface area contributed by atoms with Crippen molar-refractivity contribution in [1.82, 2.24) is 9.03 Å². The summed E-state index contributed by atoms with van der Waals surface area (Å²) in [7, 11) is -4.10. The molecule has 0 atom stereocenters. The highest BCUT2D eigenvalue weighted by Crippen LogP contribution is 2.39. The molecule has 22 heavy (non-hydrogen) atoms. The lowest BCUT2D eigenvalue weighted by atomic mass is 9.70. The van der Waals surface area contributed by atoms with Crippen molar-refractivity contribution >= 4 is 16.2 Å². The van der Waals surface area contributed by atoms with E-state index in [1.165, 1.54) is 0 Å². The first-order chi connectivity index (χ1) is 9.96. The number of carboxylic acids is 1. The Morgan fingerprint density at radius 1 is 1.27 bits per heavy atom. The van der Waals surface area contributed by atoms with E-state index >= 15 is 0 Å². The van der Waals surface area contributed by atoms with Crippen molar-refractivity contribution in [3.8, 4) is 0 Å². The number of nitrogens with one attached hydrogen (secondary N) is 1. The van der Waals surface area contributed by atoms with Gasteiger partial charge in [0.25, 0.3) is 10.2 Å². The predicted octanol–water partition coefficient (Wildman–Crippen LogP) is 1.35. The second-order valence-corrected chi connectivity index (χ2v) is 7.89. The first kappa shape index (κ1) is 17.5. The van der Waals surface area contributed by atoms with E-state index in [4.69, 9.17) is 0 Å². The van der Waals surface area contributed by atoms with Gasteiger partial charge in [0, 0.05) is 13.1 Å². The molecule has 6 nitrogen and oxygen atoms in total. The van der Waals surface area contributed by atoms with E-state index in [1.54, 1.807) is 0 Å². The van der Waals surface area contributed by atoms with Gasteiger partial charge in [-0.1, -0.05) is 6.92 Å². The van der Waals surface area contributed by atoms with Gasteiger partial charge in [-0.2, -0.15) is 30.6 Å². The number of rotatable bonds is 4. The number of alkyl halides is 3. The number of carboxylic acid groups (broad SMARTS) is 1. The molecule has 0 spiro atoms. The molecular formula is C12H19F3N2O4S. The first-order valence-corrected chi connectivity index (χ1v) is 8.49. The monoisotopic (exact) mass is 344 g/mol. The normalized spacial score (nSPS) is 31.7. The summed E-state index contributed by atoms with van der Waals surface area (Å²) in [4.78, 5) is 11.3. The van der Waals surface area contributed by atoms with Gasteiger partial charge in [-0.15, -0.1) is 0 Å². The third-order valence-electron chi connectivity index (χ3n) is 4.38. The molecule has 0 aromatic rings. The molecule has 0 aromatic heterocycles. The fourth-order valence-electron chi connectivity index (χ4n) is 3.17. The van der Waals surface area contributed by atoms with Crippen LogP contribution in [0.15, 0.2) is 0 Å². The van der Waals surface area contributed by atoms with Crippen molar-refractivity contribution < 1.29 is 31.5 Å². The van der Waals surface area contributed by atoms with E-state index in [0.29, 0.717) is 0 Å². The van der Waals surface area contributed by atoms with Crippen LogP contribution in [0.25, 0.3) is 0 Å².